The molecule has 0 aliphatic rings. The number of nitrogens with one attached hydrogen (secondary N) is 1. The molecule has 0 bridgehead atoms. The number of benzene rings is 1. The summed E-state index contributed by atoms with van der Waals surface area (Å²) in [7, 11) is 0. The van der Waals surface area contributed by atoms with Crippen LogP contribution in [0.3, 0.4) is 0 Å². The second-order valence-electron chi connectivity index (χ2n) is 2.42. The summed E-state index contributed by atoms with van der Waals surface area (Å²) in [4.78, 5) is 7.03. The van der Waals surface area contributed by atoms with Crippen molar-refractivity contribution in [2.75, 3.05) is 0 Å². The van der Waals surface area contributed by atoms with Crippen LogP contribution in [0.5, 0.6) is 0 Å². The van der Waals surface area contributed by atoms with E-state index in [-0.39, 0.29) is 0 Å². The molecule has 0 unspecified atom stereocenters. The Morgan fingerprint density at radius 3 is 3.08 bits per heavy atom. The number of aliphatic imine (C=N–C) groups is 1. The average Bonchev–Trinajstić information content (AvgIpc) is 2.53. The van der Waals surface area contributed by atoms with Crippen molar-refractivity contribution in [1.29, 1.82) is 0 Å². The Morgan fingerprint density at radius 2 is 2.25 bits per heavy atom. The number of H-pyrrole nitrogens is 1. The normalized spacial score (nSPS) is 9.67. The fourth-order valence-electron chi connectivity index (χ4n) is 1.21. The van der Waals surface area contributed by atoms with Crippen LogP contribution in [-0.2, 0) is 0 Å². The van der Waals surface area contributed by atoms with Crippen molar-refractivity contribution < 1.29 is 0 Å². The monoisotopic (exact) mass is 174 g/mol. The van der Waals surface area contributed by atoms with Crippen LogP contribution in [-0.4, -0.2) is 10.1 Å². The zero-order valence-electron chi connectivity index (χ0n) is 6.24. The van der Waals surface area contributed by atoms with Gasteiger partial charge in [-0.25, -0.2) is 0 Å². The minimum Gasteiger partial charge on any atom is -0.359 e. The lowest BCUT2D eigenvalue weighted by Gasteiger charge is -1.92. The molecule has 0 radical (unpaired) electrons. The molecule has 0 saturated heterocycles. The van der Waals surface area contributed by atoms with Gasteiger partial charge in [-0.15, -0.1) is 0 Å². The number of isothiocyanates is 1. The number of rotatable bonds is 1. The highest BCUT2D eigenvalue weighted by atomic mass is 32.1. The van der Waals surface area contributed by atoms with Crippen molar-refractivity contribution in [3.05, 3.63) is 30.5 Å². The summed E-state index contributed by atoms with van der Waals surface area (Å²) in [5.74, 6) is 0. The summed E-state index contributed by atoms with van der Waals surface area (Å²) in [6, 6.07) is 7.87. The van der Waals surface area contributed by atoms with Crippen LogP contribution < -0.4 is 0 Å². The molecule has 58 valence electrons. The molecule has 3 heteroatoms. The highest BCUT2D eigenvalue weighted by Gasteiger charge is 1.97. The van der Waals surface area contributed by atoms with Crippen LogP contribution in [0.4, 0.5) is 5.69 Å². The minimum atomic E-state index is 0.840. The summed E-state index contributed by atoms with van der Waals surface area (Å²) in [6.07, 6.45) is 1.88. The van der Waals surface area contributed by atoms with Gasteiger partial charge in [0.2, 0.25) is 0 Å². The second-order valence-corrected chi connectivity index (χ2v) is 2.60. The van der Waals surface area contributed by atoms with Gasteiger partial charge < -0.3 is 4.98 Å². The lowest BCUT2D eigenvalue weighted by Crippen LogP contribution is -1.68. The number of nitrogens with zero attached hydrogens (tertiary/aromatic N) is 1. The van der Waals surface area contributed by atoms with Gasteiger partial charge in [0.25, 0.3) is 0 Å². The van der Waals surface area contributed by atoms with Gasteiger partial charge in [0.05, 0.1) is 16.4 Å². The van der Waals surface area contributed by atoms with Crippen LogP contribution in [0.2, 0.25) is 0 Å². The van der Waals surface area contributed by atoms with Crippen LogP contribution in [0.25, 0.3) is 10.9 Å². The fraction of sp³-hybridized carbons (Fsp3) is 0. The predicted octanol–water partition coefficient (Wildman–Crippen LogP) is 2.90. The first kappa shape index (κ1) is 7.22. The second kappa shape index (κ2) is 2.89. The van der Waals surface area contributed by atoms with E-state index < -0.39 is 0 Å². The third-order valence-electron chi connectivity index (χ3n) is 1.73. The van der Waals surface area contributed by atoms with E-state index in [2.05, 4.69) is 27.4 Å². The standard InChI is InChI=1S/C9H6N2S/c12-6-11-8-3-1-2-7-4-5-10-9(7)8/h1-5,10H. The molecule has 0 spiro atoms. The van der Waals surface area contributed by atoms with Gasteiger partial charge in [-0.05, 0) is 24.4 Å². The number of fused-ring (bicyclic) bond motifs is 1. The highest BCUT2D eigenvalue weighted by Crippen LogP contribution is 2.23. The van der Waals surface area contributed by atoms with Crippen molar-refractivity contribution in [3.8, 4) is 0 Å². The molecule has 0 aliphatic heterocycles. The summed E-state index contributed by atoms with van der Waals surface area (Å²) in [5, 5.41) is 3.49. The van der Waals surface area contributed by atoms with Crippen molar-refractivity contribution in [2.45, 2.75) is 0 Å². The molecule has 0 saturated carbocycles. The molecule has 0 amide bonds. The molecule has 0 aliphatic carbocycles. The number of para-hydroxylation sites is 1. The number of hydrogen-bond donors (Lipinski definition) is 1. The Hall–Kier alpha value is -1.44. The summed E-state index contributed by atoms with van der Waals surface area (Å²) in [5.41, 5.74) is 1.85. The maximum atomic E-state index is 4.54. The van der Waals surface area contributed by atoms with Crippen molar-refractivity contribution >= 4 is 34.0 Å². The van der Waals surface area contributed by atoms with Gasteiger partial charge in [-0.2, -0.15) is 4.99 Å². The van der Waals surface area contributed by atoms with E-state index in [9.17, 15) is 0 Å². The third-order valence-corrected chi connectivity index (χ3v) is 1.82. The molecular formula is C9H6N2S. The molecule has 0 fully saturated rings. The van der Waals surface area contributed by atoms with E-state index in [1.165, 1.54) is 0 Å². The minimum absolute atomic E-state index is 0.840. The molecule has 2 nitrogen and oxygen atoms in total. The van der Waals surface area contributed by atoms with E-state index >= 15 is 0 Å². The molecule has 1 heterocycles. The molecule has 2 aromatic rings. The summed E-state index contributed by atoms with van der Waals surface area (Å²) in [6.45, 7) is 0. The van der Waals surface area contributed by atoms with Crippen molar-refractivity contribution in [3.63, 3.8) is 0 Å². The Labute approximate surface area is 74.9 Å². The van der Waals surface area contributed by atoms with Crippen LogP contribution in [0, 0.1) is 0 Å². The molecule has 1 aromatic carbocycles. The molecule has 2 rings (SSSR count). The summed E-state index contributed by atoms with van der Waals surface area (Å²) >= 11 is 4.54. The SMILES string of the molecule is S=C=Nc1cccc2cc[nH]c12. The lowest BCUT2D eigenvalue weighted by atomic mass is 10.2. The Balaban J connectivity index is 2.81. The topological polar surface area (TPSA) is 28.1 Å². The fourth-order valence-corrected chi connectivity index (χ4v) is 1.31. The lowest BCUT2D eigenvalue weighted by molar-refractivity contribution is 1.45. The Morgan fingerprint density at radius 1 is 1.33 bits per heavy atom. The molecule has 0 atom stereocenters. The molecule has 1 N–H and O–H groups in total. The predicted molar refractivity (Wildman–Crippen MR) is 53.0 cm³/mol. The molecular weight excluding hydrogens is 168 g/mol. The van der Waals surface area contributed by atoms with Crippen LogP contribution in [0.15, 0.2) is 35.5 Å². The zero-order valence-corrected chi connectivity index (χ0v) is 7.06. The number of aromatic amines is 1. The number of hydrogen-bond acceptors (Lipinski definition) is 2. The molecule has 12 heavy (non-hydrogen) atoms. The van der Waals surface area contributed by atoms with E-state index in [1.807, 2.05) is 30.5 Å². The number of thiocarbonyl (C=S) groups is 1. The maximum absolute atomic E-state index is 4.54. The van der Waals surface area contributed by atoms with Gasteiger partial charge in [-0.1, -0.05) is 12.1 Å². The highest BCUT2D eigenvalue weighted by molar-refractivity contribution is 7.78. The third kappa shape index (κ3) is 1.05. The Kier molecular flexibility index (Phi) is 1.74. The van der Waals surface area contributed by atoms with Crippen molar-refractivity contribution in [1.82, 2.24) is 4.98 Å². The quantitative estimate of drug-likeness (QED) is 0.522. The largest absolute Gasteiger partial charge is 0.359 e. The average molecular weight is 174 g/mol. The number of aromatic nitrogens is 1. The van der Waals surface area contributed by atoms with Crippen LogP contribution >= 0.6 is 12.2 Å². The Bertz CT molecular complexity index is 452. The zero-order chi connectivity index (χ0) is 8.39. The first-order valence-electron chi connectivity index (χ1n) is 3.56. The van der Waals surface area contributed by atoms with E-state index in [0.717, 1.165) is 16.6 Å². The van der Waals surface area contributed by atoms with Gasteiger partial charge >= 0.3 is 0 Å². The maximum Gasteiger partial charge on any atom is 0.0980 e. The summed E-state index contributed by atoms with van der Waals surface area (Å²) < 4.78 is 0. The van der Waals surface area contributed by atoms with Crippen LogP contribution in [0.1, 0.15) is 0 Å². The van der Waals surface area contributed by atoms with Crippen molar-refractivity contribution in [2.24, 2.45) is 4.99 Å². The van der Waals surface area contributed by atoms with Gasteiger partial charge in [0.1, 0.15) is 0 Å². The van der Waals surface area contributed by atoms with Gasteiger partial charge in [-0.3, -0.25) is 0 Å². The van der Waals surface area contributed by atoms with E-state index in [4.69, 9.17) is 0 Å². The van der Waals surface area contributed by atoms with Gasteiger partial charge in [0.15, 0.2) is 0 Å². The smallest absolute Gasteiger partial charge is 0.0980 e. The van der Waals surface area contributed by atoms with E-state index in [0.29, 0.717) is 0 Å². The first-order valence-corrected chi connectivity index (χ1v) is 3.96. The molecule has 1 aromatic heterocycles. The first-order chi connectivity index (χ1) is 5.92. The van der Waals surface area contributed by atoms with E-state index in [1.54, 1.807) is 0 Å². The van der Waals surface area contributed by atoms with Gasteiger partial charge in [0, 0.05) is 11.6 Å².